The minimum Gasteiger partial charge on any atom is -0.496 e. The molecule has 16 heavy (non-hydrogen) atoms. The van der Waals surface area contributed by atoms with E-state index in [0.29, 0.717) is 5.02 Å². The number of hydrogen-bond donors (Lipinski definition) is 0. The maximum absolute atomic E-state index is 8.58. The zero-order valence-electron chi connectivity index (χ0n) is 9.58. The number of thioether (sulfide) groups is 1. The van der Waals surface area contributed by atoms with Crippen LogP contribution in [0.2, 0.25) is 5.02 Å². The average Bonchev–Trinajstić information content (AvgIpc) is 2.23. The summed E-state index contributed by atoms with van der Waals surface area (Å²) < 4.78 is 5.19. The first kappa shape index (κ1) is 13.2. The van der Waals surface area contributed by atoms with E-state index in [0.717, 1.165) is 23.3 Å². The fourth-order valence-electron chi connectivity index (χ4n) is 1.54. The first-order valence-corrected chi connectivity index (χ1v) is 6.22. The maximum Gasteiger partial charge on any atom is 0.133 e. The number of nitrogens with zero attached hydrogens (tertiary/aromatic N) is 1. The van der Waals surface area contributed by atoms with Crippen LogP contribution in [0.1, 0.15) is 18.1 Å². The van der Waals surface area contributed by atoms with Crippen molar-refractivity contribution in [2.24, 2.45) is 0 Å². The monoisotopic (exact) mass is 255 g/mol. The lowest BCUT2D eigenvalue weighted by Gasteiger charge is -2.12. The van der Waals surface area contributed by atoms with E-state index in [1.54, 1.807) is 7.11 Å². The predicted octanol–water partition coefficient (Wildman–Crippen LogP) is 3.80. The van der Waals surface area contributed by atoms with Crippen molar-refractivity contribution in [2.75, 3.05) is 7.11 Å². The minimum absolute atomic E-state index is 0.246. The van der Waals surface area contributed by atoms with Crippen LogP contribution >= 0.6 is 23.4 Å². The fourth-order valence-corrected chi connectivity index (χ4v) is 2.21. The molecular weight excluding hydrogens is 242 g/mol. The summed E-state index contributed by atoms with van der Waals surface area (Å²) in [5.74, 6) is 0.800. The Labute approximate surface area is 106 Å². The SMILES string of the molecule is COc1cc(Cl)c(CC(C)SC#N)cc1C. The third-order valence-electron chi connectivity index (χ3n) is 2.33. The molecule has 4 heteroatoms. The molecule has 86 valence electrons. The maximum atomic E-state index is 8.58. The van der Waals surface area contributed by atoms with Crippen LogP contribution in [0.5, 0.6) is 5.75 Å². The first-order valence-electron chi connectivity index (χ1n) is 4.96. The van der Waals surface area contributed by atoms with Crippen molar-refractivity contribution in [2.45, 2.75) is 25.5 Å². The Morgan fingerprint density at radius 2 is 2.25 bits per heavy atom. The fraction of sp³-hybridized carbons (Fsp3) is 0.417. The van der Waals surface area contributed by atoms with Crippen molar-refractivity contribution in [1.82, 2.24) is 0 Å². The largest absolute Gasteiger partial charge is 0.496 e. The topological polar surface area (TPSA) is 33.0 Å². The van der Waals surface area contributed by atoms with Gasteiger partial charge in [0.2, 0.25) is 0 Å². The van der Waals surface area contributed by atoms with Crippen LogP contribution in [-0.2, 0) is 6.42 Å². The molecule has 0 heterocycles. The van der Waals surface area contributed by atoms with Crippen molar-refractivity contribution in [1.29, 1.82) is 5.26 Å². The van der Waals surface area contributed by atoms with Crippen LogP contribution in [0.25, 0.3) is 0 Å². The minimum atomic E-state index is 0.246. The van der Waals surface area contributed by atoms with Crippen molar-refractivity contribution >= 4 is 23.4 Å². The predicted molar refractivity (Wildman–Crippen MR) is 69.1 cm³/mol. The molecule has 0 aliphatic rings. The van der Waals surface area contributed by atoms with E-state index in [1.807, 2.05) is 26.0 Å². The molecular formula is C12H14ClNOS. The molecule has 0 radical (unpaired) electrons. The number of rotatable bonds is 4. The number of halogens is 1. The summed E-state index contributed by atoms with van der Waals surface area (Å²) >= 11 is 7.42. The van der Waals surface area contributed by atoms with Gasteiger partial charge in [0.15, 0.2) is 0 Å². The third kappa shape index (κ3) is 3.33. The third-order valence-corrected chi connectivity index (χ3v) is 3.35. The summed E-state index contributed by atoms with van der Waals surface area (Å²) in [5.41, 5.74) is 2.13. The zero-order valence-corrected chi connectivity index (χ0v) is 11.2. The van der Waals surface area contributed by atoms with E-state index >= 15 is 0 Å². The lowest BCUT2D eigenvalue weighted by molar-refractivity contribution is 0.411. The van der Waals surface area contributed by atoms with Crippen LogP contribution in [0.3, 0.4) is 0 Å². The van der Waals surface area contributed by atoms with Crippen LogP contribution in [0, 0.1) is 17.6 Å². The van der Waals surface area contributed by atoms with Crippen LogP contribution in [-0.4, -0.2) is 12.4 Å². The van der Waals surface area contributed by atoms with E-state index in [2.05, 4.69) is 5.40 Å². The van der Waals surface area contributed by atoms with E-state index < -0.39 is 0 Å². The number of ether oxygens (including phenoxy) is 1. The second-order valence-electron chi connectivity index (χ2n) is 3.64. The van der Waals surface area contributed by atoms with Gasteiger partial charge in [-0.15, -0.1) is 0 Å². The standard InChI is InChI=1S/C12H14ClNOS/c1-8-4-10(5-9(2)16-7-14)11(13)6-12(8)15-3/h4,6,9H,5H2,1-3H3. The lowest BCUT2D eigenvalue weighted by Crippen LogP contribution is -2.02. The van der Waals surface area contributed by atoms with Gasteiger partial charge in [-0.1, -0.05) is 24.6 Å². The van der Waals surface area contributed by atoms with Gasteiger partial charge in [-0.3, -0.25) is 0 Å². The van der Waals surface area contributed by atoms with Gasteiger partial charge in [-0.05, 0) is 42.3 Å². The summed E-state index contributed by atoms with van der Waals surface area (Å²) in [4.78, 5) is 0. The molecule has 0 amide bonds. The highest BCUT2D eigenvalue weighted by Crippen LogP contribution is 2.28. The number of benzene rings is 1. The highest BCUT2D eigenvalue weighted by atomic mass is 35.5. The molecule has 0 N–H and O–H groups in total. The quantitative estimate of drug-likeness (QED) is 0.768. The molecule has 0 saturated heterocycles. The molecule has 0 spiro atoms. The number of nitriles is 1. The van der Waals surface area contributed by atoms with Crippen molar-refractivity contribution in [3.63, 3.8) is 0 Å². The first-order chi connectivity index (χ1) is 7.58. The average molecular weight is 256 g/mol. The summed E-state index contributed by atoms with van der Waals surface area (Å²) in [5, 5.41) is 11.6. The van der Waals surface area contributed by atoms with E-state index in [1.165, 1.54) is 11.8 Å². The van der Waals surface area contributed by atoms with Crippen LogP contribution in [0.15, 0.2) is 12.1 Å². The number of hydrogen-bond acceptors (Lipinski definition) is 3. The molecule has 2 nitrogen and oxygen atoms in total. The lowest BCUT2D eigenvalue weighted by atomic mass is 10.1. The normalized spacial score (nSPS) is 11.9. The second-order valence-corrected chi connectivity index (χ2v) is 5.27. The Kier molecular flexibility index (Phi) is 4.98. The molecule has 1 unspecified atom stereocenters. The number of aryl methyl sites for hydroxylation is 1. The second kappa shape index (κ2) is 6.03. The van der Waals surface area contributed by atoms with Crippen molar-refractivity contribution < 1.29 is 4.74 Å². The van der Waals surface area contributed by atoms with Crippen LogP contribution < -0.4 is 4.74 Å². The van der Waals surface area contributed by atoms with E-state index in [-0.39, 0.29) is 5.25 Å². The van der Waals surface area contributed by atoms with Gasteiger partial charge in [-0.2, -0.15) is 5.26 Å². The molecule has 1 aromatic carbocycles. The summed E-state index contributed by atoms with van der Waals surface area (Å²) in [6.07, 6.45) is 0.794. The van der Waals surface area contributed by atoms with E-state index in [9.17, 15) is 0 Å². The molecule has 0 aliphatic carbocycles. The highest BCUT2D eigenvalue weighted by Gasteiger charge is 2.10. The van der Waals surface area contributed by atoms with Crippen LogP contribution in [0.4, 0.5) is 0 Å². The molecule has 0 saturated carbocycles. The Balaban J connectivity index is 2.90. The summed E-state index contributed by atoms with van der Waals surface area (Å²) in [7, 11) is 1.63. The zero-order chi connectivity index (χ0) is 12.1. The van der Waals surface area contributed by atoms with E-state index in [4.69, 9.17) is 21.6 Å². The smallest absolute Gasteiger partial charge is 0.133 e. The molecule has 1 aromatic rings. The summed E-state index contributed by atoms with van der Waals surface area (Å²) in [6, 6.07) is 3.85. The molecule has 0 aromatic heterocycles. The molecule has 0 fully saturated rings. The Morgan fingerprint density at radius 3 is 2.81 bits per heavy atom. The summed E-state index contributed by atoms with van der Waals surface area (Å²) in [6.45, 7) is 4.00. The van der Waals surface area contributed by atoms with Gasteiger partial charge in [-0.25, -0.2) is 0 Å². The van der Waals surface area contributed by atoms with Crippen molar-refractivity contribution in [3.8, 4) is 11.2 Å². The van der Waals surface area contributed by atoms with Gasteiger partial charge in [0.05, 0.1) is 7.11 Å². The molecule has 0 aliphatic heterocycles. The number of thiocyanates is 1. The van der Waals surface area contributed by atoms with Gasteiger partial charge in [0.25, 0.3) is 0 Å². The van der Waals surface area contributed by atoms with Gasteiger partial charge < -0.3 is 4.74 Å². The molecule has 1 atom stereocenters. The Bertz CT molecular complexity index is 414. The van der Waals surface area contributed by atoms with Gasteiger partial charge >= 0.3 is 0 Å². The van der Waals surface area contributed by atoms with Crippen molar-refractivity contribution in [3.05, 3.63) is 28.3 Å². The highest BCUT2D eigenvalue weighted by molar-refractivity contribution is 8.04. The number of methoxy groups -OCH3 is 1. The van der Waals surface area contributed by atoms with Gasteiger partial charge in [0, 0.05) is 10.3 Å². The molecule has 1 rings (SSSR count). The Morgan fingerprint density at radius 1 is 1.56 bits per heavy atom. The van der Waals surface area contributed by atoms with Gasteiger partial charge in [0.1, 0.15) is 11.2 Å². The molecule has 0 bridgehead atoms. The Hall–Kier alpha value is -0.850.